The first-order valence-electron chi connectivity index (χ1n) is 20.2. The van der Waals surface area contributed by atoms with Crippen LogP contribution in [-0.4, -0.2) is 16.7 Å². The number of pyridine rings is 1. The zero-order valence-corrected chi connectivity index (χ0v) is 31.5. The molecule has 1 aliphatic heterocycles. The Morgan fingerprint density at radius 3 is 2.04 bits per heavy atom. The standard InChI is InChI=1S/C52H44N4/c1-5-15-35(16-6-1)41-23-13-24-43(33-41)52-55-50(39-21-11-4-12-22-39)54-51(56-52)40-29-27-36(28-30-40)42-31-32-47-46(34-42)48-44(37-17-7-2-8-18-37)25-14-26-45(48)49(53-47)38-19-9-3-10-20-38/h1,5-7,9,11,13-32,34,41,51H,2-4,8,10,12,33H2,(H,54,55,56). The van der Waals surface area contributed by atoms with Crippen molar-refractivity contribution in [1.29, 1.82) is 0 Å². The smallest absolute Gasteiger partial charge is 0.169 e. The summed E-state index contributed by atoms with van der Waals surface area (Å²) in [5.74, 6) is 2.10. The minimum atomic E-state index is -0.348. The van der Waals surface area contributed by atoms with Crippen molar-refractivity contribution >= 4 is 44.5 Å². The summed E-state index contributed by atoms with van der Waals surface area (Å²) >= 11 is 0. The molecule has 2 atom stereocenters. The number of nitrogens with zero attached hydrogens (tertiary/aromatic N) is 3. The molecule has 0 spiro atoms. The molecule has 4 nitrogen and oxygen atoms in total. The molecule has 5 aliphatic rings. The Bertz CT molecular complexity index is 2670. The molecule has 2 heterocycles. The second-order valence-corrected chi connectivity index (χ2v) is 15.2. The topological polar surface area (TPSA) is 49.6 Å². The summed E-state index contributed by atoms with van der Waals surface area (Å²) in [5.41, 5.74) is 12.9. The number of benzene rings is 4. The van der Waals surface area contributed by atoms with E-state index in [1.807, 2.05) is 0 Å². The zero-order valence-electron chi connectivity index (χ0n) is 31.5. The molecule has 272 valence electrons. The molecule has 0 radical (unpaired) electrons. The Kier molecular flexibility index (Phi) is 9.16. The van der Waals surface area contributed by atoms with Gasteiger partial charge in [-0.25, -0.2) is 15.0 Å². The SMILES string of the molecule is C1=CC(c2ccccc2)CC(C2=NC(c3ccc(-c4ccc5nc(C6=CCCC=C6)c6cccc(C7=CCCC=C7)c6c5c4)cc3)N=C(C3=CCCC=C3)N2)=C1. The molecule has 56 heavy (non-hydrogen) atoms. The van der Waals surface area contributed by atoms with Gasteiger partial charge in [0.05, 0.1) is 11.2 Å². The van der Waals surface area contributed by atoms with E-state index in [0.29, 0.717) is 5.92 Å². The van der Waals surface area contributed by atoms with Crippen LogP contribution in [0.4, 0.5) is 0 Å². The van der Waals surface area contributed by atoms with Crippen molar-refractivity contribution in [3.63, 3.8) is 0 Å². The fourth-order valence-electron chi connectivity index (χ4n) is 8.63. The third-order valence-electron chi connectivity index (χ3n) is 11.6. The fourth-order valence-corrected chi connectivity index (χ4v) is 8.63. The number of hydrogen-bond donors (Lipinski definition) is 1. The molecule has 2 unspecified atom stereocenters. The molecule has 0 saturated carbocycles. The molecule has 1 N–H and O–H groups in total. The number of nitrogens with one attached hydrogen (secondary N) is 1. The van der Waals surface area contributed by atoms with Crippen molar-refractivity contribution in [3.8, 4) is 11.1 Å². The fraction of sp³-hybridized carbons (Fsp3) is 0.173. The van der Waals surface area contributed by atoms with E-state index in [0.717, 1.165) is 84.5 Å². The molecule has 10 rings (SSSR count). The highest BCUT2D eigenvalue weighted by Gasteiger charge is 2.25. The maximum absolute atomic E-state index is 5.33. The summed E-state index contributed by atoms with van der Waals surface area (Å²) in [5, 5.41) is 7.30. The Morgan fingerprint density at radius 2 is 1.29 bits per heavy atom. The van der Waals surface area contributed by atoms with Crippen LogP contribution in [0.2, 0.25) is 0 Å². The Hall–Kier alpha value is -6.39. The van der Waals surface area contributed by atoms with Crippen LogP contribution in [0.1, 0.15) is 79.4 Å². The first kappa shape index (κ1) is 34.1. The number of aromatic nitrogens is 1. The Labute approximate surface area is 329 Å². The minimum absolute atomic E-state index is 0.309. The van der Waals surface area contributed by atoms with Gasteiger partial charge in [-0.2, -0.15) is 0 Å². The van der Waals surface area contributed by atoms with Gasteiger partial charge in [-0.05, 0) is 102 Å². The predicted octanol–water partition coefficient (Wildman–Crippen LogP) is 12.9. The van der Waals surface area contributed by atoms with Crippen LogP contribution in [0.5, 0.6) is 0 Å². The van der Waals surface area contributed by atoms with Gasteiger partial charge in [-0.3, -0.25) is 0 Å². The lowest BCUT2D eigenvalue weighted by Gasteiger charge is -2.27. The predicted molar refractivity (Wildman–Crippen MR) is 236 cm³/mol. The molecule has 0 saturated heterocycles. The van der Waals surface area contributed by atoms with Gasteiger partial charge in [0.15, 0.2) is 6.17 Å². The van der Waals surface area contributed by atoms with Crippen molar-refractivity contribution in [2.75, 3.05) is 0 Å². The molecule has 5 aromatic rings. The highest BCUT2D eigenvalue weighted by molar-refractivity contribution is 6.17. The van der Waals surface area contributed by atoms with Crippen molar-refractivity contribution in [2.45, 2.75) is 57.0 Å². The number of aliphatic imine (C=N–C) groups is 2. The number of amidine groups is 2. The van der Waals surface area contributed by atoms with Crippen molar-refractivity contribution < 1.29 is 0 Å². The van der Waals surface area contributed by atoms with E-state index < -0.39 is 0 Å². The average molecular weight is 725 g/mol. The number of allylic oxidation sites excluding steroid dienone is 13. The minimum Gasteiger partial charge on any atom is -0.325 e. The quantitative estimate of drug-likeness (QED) is 0.170. The molecule has 4 heteroatoms. The van der Waals surface area contributed by atoms with Crippen LogP contribution in [0.3, 0.4) is 0 Å². The van der Waals surface area contributed by atoms with Gasteiger partial charge in [0, 0.05) is 27.6 Å². The number of fused-ring (bicyclic) bond motifs is 3. The first-order chi connectivity index (χ1) is 27.7. The maximum atomic E-state index is 5.33. The third-order valence-corrected chi connectivity index (χ3v) is 11.6. The summed E-state index contributed by atoms with van der Waals surface area (Å²) in [4.78, 5) is 15.8. The van der Waals surface area contributed by atoms with Crippen LogP contribution in [0.25, 0.3) is 43.9 Å². The Morgan fingerprint density at radius 1 is 0.571 bits per heavy atom. The summed E-state index contributed by atoms with van der Waals surface area (Å²) in [7, 11) is 0. The van der Waals surface area contributed by atoms with Crippen molar-refractivity contribution in [2.24, 2.45) is 9.98 Å². The van der Waals surface area contributed by atoms with Crippen LogP contribution in [0.15, 0.2) is 185 Å². The van der Waals surface area contributed by atoms with Gasteiger partial charge in [0.25, 0.3) is 0 Å². The van der Waals surface area contributed by atoms with E-state index >= 15 is 0 Å². The monoisotopic (exact) mass is 724 g/mol. The summed E-state index contributed by atoms with van der Waals surface area (Å²) in [6.45, 7) is 0. The van der Waals surface area contributed by atoms with Gasteiger partial charge in [0.2, 0.25) is 0 Å². The highest BCUT2D eigenvalue weighted by atomic mass is 15.2. The van der Waals surface area contributed by atoms with Crippen LogP contribution in [0, 0.1) is 0 Å². The lowest BCUT2D eigenvalue weighted by atomic mass is 9.87. The Balaban J connectivity index is 1.02. The van der Waals surface area contributed by atoms with E-state index in [4.69, 9.17) is 15.0 Å². The van der Waals surface area contributed by atoms with Crippen LogP contribution < -0.4 is 5.32 Å². The van der Waals surface area contributed by atoms with Crippen molar-refractivity contribution in [1.82, 2.24) is 10.3 Å². The van der Waals surface area contributed by atoms with Gasteiger partial charge < -0.3 is 5.32 Å². The maximum Gasteiger partial charge on any atom is 0.169 e. The lowest BCUT2D eigenvalue weighted by Crippen LogP contribution is -2.37. The largest absolute Gasteiger partial charge is 0.325 e. The van der Waals surface area contributed by atoms with E-state index in [9.17, 15) is 0 Å². The number of hydrogen-bond acceptors (Lipinski definition) is 4. The molecule has 0 amide bonds. The molecule has 1 aromatic heterocycles. The van der Waals surface area contributed by atoms with Gasteiger partial charge >= 0.3 is 0 Å². The van der Waals surface area contributed by atoms with Crippen LogP contribution >= 0.6 is 0 Å². The second-order valence-electron chi connectivity index (χ2n) is 15.2. The normalized spacial score (nSPS) is 20.5. The van der Waals surface area contributed by atoms with E-state index in [1.54, 1.807) is 0 Å². The summed E-state index contributed by atoms with van der Waals surface area (Å²) in [6.07, 6.45) is 34.1. The van der Waals surface area contributed by atoms with E-state index in [2.05, 4.69) is 169 Å². The van der Waals surface area contributed by atoms with Crippen molar-refractivity contribution in [3.05, 3.63) is 197 Å². The molecule has 0 bridgehead atoms. The van der Waals surface area contributed by atoms with E-state index in [-0.39, 0.29) is 6.17 Å². The van der Waals surface area contributed by atoms with Crippen LogP contribution in [-0.2, 0) is 0 Å². The molecule has 4 aromatic carbocycles. The third kappa shape index (κ3) is 6.66. The zero-order chi connectivity index (χ0) is 37.3. The summed E-state index contributed by atoms with van der Waals surface area (Å²) < 4.78 is 0. The van der Waals surface area contributed by atoms with Gasteiger partial charge in [-0.1, -0.05) is 152 Å². The molecule has 0 fully saturated rings. The van der Waals surface area contributed by atoms with Gasteiger partial charge in [0.1, 0.15) is 11.7 Å². The highest BCUT2D eigenvalue weighted by Crippen LogP contribution is 2.39. The molecular weight excluding hydrogens is 681 g/mol. The molecular formula is C52H44N4. The van der Waals surface area contributed by atoms with E-state index in [1.165, 1.54) is 49.6 Å². The average Bonchev–Trinajstić information content (AvgIpc) is 3.29. The van der Waals surface area contributed by atoms with Gasteiger partial charge in [-0.15, -0.1) is 0 Å². The summed E-state index contributed by atoms with van der Waals surface area (Å²) in [6, 6.07) is 33.1. The molecule has 4 aliphatic carbocycles. The number of rotatable bonds is 7. The first-order valence-corrected chi connectivity index (χ1v) is 20.2. The second kappa shape index (κ2) is 15.0. The lowest BCUT2D eigenvalue weighted by molar-refractivity contribution is 0.747.